The first-order chi connectivity index (χ1) is 14.9. The van der Waals surface area contributed by atoms with Crippen molar-refractivity contribution in [1.29, 1.82) is 0 Å². The van der Waals surface area contributed by atoms with Crippen LogP contribution in [0.5, 0.6) is 0 Å². The Hall–Kier alpha value is -3.17. The van der Waals surface area contributed by atoms with Gasteiger partial charge in [-0.3, -0.25) is 14.3 Å². The Morgan fingerprint density at radius 3 is 2.81 bits per heavy atom. The number of hydrogen-bond acceptors (Lipinski definition) is 4. The summed E-state index contributed by atoms with van der Waals surface area (Å²) in [7, 11) is 0. The van der Waals surface area contributed by atoms with Crippen LogP contribution in [0.3, 0.4) is 0 Å². The molecule has 0 spiro atoms. The molecule has 2 N–H and O–H groups in total. The molecule has 0 aliphatic heterocycles. The Morgan fingerprint density at radius 1 is 1.29 bits per heavy atom. The molecule has 0 aliphatic rings. The van der Waals surface area contributed by atoms with E-state index in [2.05, 4.69) is 14.7 Å². The van der Waals surface area contributed by atoms with Gasteiger partial charge in [0.15, 0.2) is 0 Å². The molecule has 0 radical (unpaired) electrons. The van der Waals surface area contributed by atoms with Crippen LogP contribution in [-0.4, -0.2) is 26.7 Å². The van der Waals surface area contributed by atoms with E-state index < -0.39 is 23.1 Å². The average Bonchev–Trinajstić information content (AvgIpc) is 3.04. The van der Waals surface area contributed by atoms with Gasteiger partial charge in [0, 0.05) is 46.8 Å². The van der Waals surface area contributed by atoms with Crippen molar-refractivity contribution in [3.63, 3.8) is 0 Å². The number of pyridine rings is 2. The van der Waals surface area contributed by atoms with E-state index in [1.165, 1.54) is 23.0 Å². The summed E-state index contributed by atoms with van der Waals surface area (Å²) in [6.45, 7) is -0.112. The summed E-state index contributed by atoms with van der Waals surface area (Å²) in [6.07, 6.45) is 4.55. The zero-order valence-electron chi connectivity index (χ0n) is 16.1. The van der Waals surface area contributed by atoms with Crippen molar-refractivity contribution in [2.75, 3.05) is 6.26 Å². The van der Waals surface area contributed by atoms with Gasteiger partial charge in [-0.2, -0.15) is 0 Å². The van der Waals surface area contributed by atoms with Crippen LogP contribution < -0.4 is 10.3 Å². The van der Waals surface area contributed by atoms with E-state index in [0.717, 1.165) is 24.1 Å². The number of carbonyl (C=O) groups is 1. The number of carbonyl (C=O) groups excluding carboxylic acids is 1. The van der Waals surface area contributed by atoms with Gasteiger partial charge in [0.05, 0.1) is 11.6 Å². The lowest BCUT2D eigenvalue weighted by molar-refractivity contribution is 0.0977. The van der Waals surface area contributed by atoms with E-state index in [9.17, 15) is 18.4 Å². The van der Waals surface area contributed by atoms with E-state index >= 15 is 0 Å². The number of benzene rings is 1. The van der Waals surface area contributed by atoms with Crippen LogP contribution >= 0.6 is 23.5 Å². The SMILES string of the molecule is CSNC(=O)c1c(-c2ccc[nH]c2=O)c2cc(Cl)cnc2n1Cc1ccc(F)cc1F. The molecule has 0 bridgehead atoms. The minimum absolute atomic E-state index is 0.111. The Balaban J connectivity index is 2.07. The number of nitrogens with zero attached hydrogens (tertiary/aromatic N) is 2. The first-order valence-electron chi connectivity index (χ1n) is 9.03. The molecule has 4 rings (SSSR count). The van der Waals surface area contributed by atoms with Gasteiger partial charge in [-0.1, -0.05) is 29.6 Å². The van der Waals surface area contributed by atoms with Crippen LogP contribution in [0, 0.1) is 11.6 Å². The highest BCUT2D eigenvalue weighted by Gasteiger charge is 2.27. The van der Waals surface area contributed by atoms with Crippen molar-refractivity contribution in [3.05, 3.63) is 87.1 Å². The molecule has 0 saturated carbocycles. The van der Waals surface area contributed by atoms with Gasteiger partial charge < -0.3 is 9.55 Å². The molecular weight excluding hydrogens is 446 g/mol. The lowest BCUT2D eigenvalue weighted by Gasteiger charge is -2.12. The minimum atomic E-state index is -0.758. The molecule has 31 heavy (non-hydrogen) atoms. The maximum absolute atomic E-state index is 14.4. The predicted molar refractivity (Wildman–Crippen MR) is 117 cm³/mol. The molecule has 6 nitrogen and oxygen atoms in total. The van der Waals surface area contributed by atoms with Gasteiger partial charge in [-0.05, 0) is 24.3 Å². The fourth-order valence-electron chi connectivity index (χ4n) is 3.44. The van der Waals surface area contributed by atoms with Crippen molar-refractivity contribution in [2.45, 2.75) is 6.54 Å². The zero-order chi connectivity index (χ0) is 22.1. The molecule has 0 atom stereocenters. The second-order valence-corrected chi connectivity index (χ2v) is 7.67. The number of halogens is 3. The maximum atomic E-state index is 14.4. The van der Waals surface area contributed by atoms with Crippen molar-refractivity contribution in [2.24, 2.45) is 0 Å². The molecule has 1 aromatic carbocycles. The van der Waals surface area contributed by atoms with Crippen LogP contribution in [0.2, 0.25) is 5.02 Å². The van der Waals surface area contributed by atoms with E-state index in [-0.39, 0.29) is 23.4 Å². The highest BCUT2D eigenvalue weighted by atomic mass is 35.5. The number of hydrogen-bond donors (Lipinski definition) is 2. The first kappa shape index (κ1) is 21.1. The normalized spacial score (nSPS) is 11.1. The highest BCUT2D eigenvalue weighted by molar-refractivity contribution is 7.97. The minimum Gasteiger partial charge on any atom is -0.329 e. The van der Waals surface area contributed by atoms with Crippen LogP contribution in [0.4, 0.5) is 8.78 Å². The van der Waals surface area contributed by atoms with Crippen LogP contribution in [0.25, 0.3) is 22.2 Å². The molecule has 0 fully saturated rings. The number of aromatic amines is 1. The molecule has 1 amide bonds. The van der Waals surface area contributed by atoms with Gasteiger partial charge in [-0.15, -0.1) is 0 Å². The predicted octanol–water partition coefficient (Wildman–Crippen LogP) is 4.38. The van der Waals surface area contributed by atoms with Crippen LogP contribution in [0.1, 0.15) is 16.1 Å². The molecule has 0 aliphatic carbocycles. The summed E-state index contributed by atoms with van der Waals surface area (Å²) < 4.78 is 31.9. The Kier molecular flexibility index (Phi) is 5.79. The molecule has 4 aromatic rings. The zero-order valence-corrected chi connectivity index (χ0v) is 17.7. The van der Waals surface area contributed by atoms with Crippen molar-refractivity contribution < 1.29 is 13.6 Å². The van der Waals surface area contributed by atoms with Crippen molar-refractivity contribution >= 4 is 40.5 Å². The van der Waals surface area contributed by atoms with E-state index in [0.29, 0.717) is 21.6 Å². The Morgan fingerprint density at radius 2 is 2.10 bits per heavy atom. The molecular formula is C21H15ClF2N4O2S. The lowest BCUT2D eigenvalue weighted by Crippen LogP contribution is -2.22. The fraction of sp³-hybridized carbons (Fsp3) is 0.0952. The largest absolute Gasteiger partial charge is 0.329 e. The molecule has 10 heteroatoms. The molecule has 158 valence electrons. The third-order valence-corrected chi connectivity index (χ3v) is 5.30. The molecule has 3 aromatic heterocycles. The van der Waals surface area contributed by atoms with Crippen LogP contribution in [-0.2, 0) is 6.54 Å². The van der Waals surface area contributed by atoms with Gasteiger partial charge in [-0.25, -0.2) is 13.8 Å². The summed E-state index contributed by atoms with van der Waals surface area (Å²) in [5.41, 5.74) is 0.744. The molecule has 0 unspecified atom stereocenters. The molecule has 0 saturated heterocycles. The molecule has 3 heterocycles. The number of nitrogens with one attached hydrogen (secondary N) is 2. The summed E-state index contributed by atoms with van der Waals surface area (Å²) >= 11 is 7.24. The quantitative estimate of drug-likeness (QED) is 0.433. The van der Waals surface area contributed by atoms with Gasteiger partial charge in [0.2, 0.25) is 0 Å². The topological polar surface area (TPSA) is 79.8 Å². The number of fused-ring (bicyclic) bond motifs is 1. The first-order valence-corrected chi connectivity index (χ1v) is 10.6. The summed E-state index contributed by atoms with van der Waals surface area (Å²) in [5.74, 6) is -1.96. The second kappa shape index (κ2) is 8.52. The number of amides is 1. The number of aromatic nitrogens is 3. The van der Waals surface area contributed by atoms with E-state index in [1.54, 1.807) is 24.5 Å². The van der Waals surface area contributed by atoms with Gasteiger partial charge in [0.1, 0.15) is 23.0 Å². The number of rotatable bonds is 5. The third kappa shape index (κ3) is 3.94. The Bertz CT molecular complexity index is 1370. The van der Waals surface area contributed by atoms with Crippen molar-refractivity contribution in [3.8, 4) is 11.1 Å². The second-order valence-electron chi connectivity index (χ2n) is 6.62. The van der Waals surface area contributed by atoms with E-state index in [1.807, 2.05) is 0 Å². The summed E-state index contributed by atoms with van der Waals surface area (Å²) in [5, 5.41) is 0.765. The monoisotopic (exact) mass is 460 g/mol. The average molecular weight is 461 g/mol. The van der Waals surface area contributed by atoms with Gasteiger partial charge in [0.25, 0.3) is 11.5 Å². The van der Waals surface area contributed by atoms with Crippen molar-refractivity contribution in [1.82, 2.24) is 19.3 Å². The fourth-order valence-corrected chi connectivity index (χ4v) is 3.88. The number of H-pyrrole nitrogens is 1. The van der Waals surface area contributed by atoms with Gasteiger partial charge >= 0.3 is 0 Å². The smallest absolute Gasteiger partial charge is 0.278 e. The Labute approximate surface area is 184 Å². The summed E-state index contributed by atoms with van der Waals surface area (Å²) in [4.78, 5) is 32.6. The van der Waals surface area contributed by atoms with E-state index in [4.69, 9.17) is 11.6 Å². The highest BCUT2D eigenvalue weighted by Crippen LogP contribution is 2.35. The standard InChI is InChI=1S/C21H15ClF2N4O2S/c1-31-27-21(30)18-17(14-3-2-6-25-20(14)29)15-7-12(22)9-26-19(15)28(18)10-11-4-5-13(23)8-16(11)24/h2-9H,10H2,1H3,(H,25,29)(H,27,30). The lowest BCUT2D eigenvalue weighted by atomic mass is 10.0. The third-order valence-electron chi connectivity index (χ3n) is 4.71. The maximum Gasteiger partial charge on any atom is 0.278 e. The van der Waals surface area contributed by atoms with Crippen LogP contribution in [0.15, 0.2) is 53.6 Å². The summed E-state index contributed by atoms with van der Waals surface area (Å²) in [6, 6.07) is 8.02.